The highest BCUT2D eigenvalue weighted by Crippen LogP contribution is 2.13. The molecule has 0 saturated carbocycles. The Hall–Kier alpha value is -2.66. The molecular formula is C21H23ClN2O3. The van der Waals surface area contributed by atoms with Crippen molar-refractivity contribution in [2.24, 2.45) is 0 Å². The van der Waals surface area contributed by atoms with Crippen LogP contribution in [0.1, 0.15) is 53.8 Å². The molecule has 1 atom stereocenters. The fourth-order valence-corrected chi connectivity index (χ4v) is 2.47. The molecule has 5 nitrogen and oxygen atoms in total. The molecule has 0 aliphatic carbocycles. The fourth-order valence-electron chi connectivity index (χ4n) is 2.34. The van der Waals surface area contributed by atoms with Gasteiger partial charge in [0.05, 0.1) is 0 Å². The lowest BCUT2D eigenvalue weighted by atomic mass is 10.1. The van der Waals surface area contributed by atoms with Gasteiger partial charge in [-0.05, 0) is 61.9 Å². The number of carbonyl (C=O) groups is 3. The van der Waals surface area contributed by atoms with Gasteiger partial charge in [0, 0.05) is 40.7 Å². The quantitative estimate of drug-likeness (QED) is 0.657. The third kappa shape index (κ3) is 6.53. The zero-order valence-corrected chi connectivity index (χ0v) is 16.2. The van der Waals surface area contributed by atoms with Crippen molar-refractivity contribution >= 4 is 34.9 Å². The first-order valence-electron chi connectivity index (χ1n) is 8.88. The number of amides is 2. The number of Topliss-reactive ketones (excluding diaryl/α,β-unsaturated/α-hetero) is 1. The molecule has 142 valence electrons. The Morgan fingerprint density at radius 3 is 2.11 bits per heavy atom. The number of halogens is 1. The highest BCUT2D eigenvalue weighted by molar-refractivity contribution is 6.30. The second-order valence-electron chi connectivity index (χ2n) is 6.34. The van der Waals surface area contributed by atoms with E-state index in [1.807, 2.05) is 13.8 Å². The summed E-state index contributed by atoms with van der Waals surface area (Å²) >= 11 is 5.80. The molecule has 0 heterocycles. The van der Waals surface area contributed by atoms with Crippen LogP contribution < -0.4 is 10.6 Å². The maximum Gasteiger partial charge on any atom is 0.251 e. The fraction of sp³-hybridized carbons (Fsp3) is 0.286. The van der Waals surface area contributed by atoms with Gasteiger partial charge in [-0.2, -0.15) is 0 Å². The minimum absolute atomic E-state index is 0.0811. The number of rotatable bonds is 8. The van der Waals surface area contributed by atoms with Crippen molar-refractivity contribution in [3.05, 3.63) is 64.7 Å². The molecule has 0 fully saturated rings. The Balaban J connectivity index is 1.84. The molecule has 0 bridgehead atoms. The number of ketones is 1. The summed E-state index contributed by atoms with van der Waals surface area (Å²) in [5.74, 6) is -0.510. The highest BCUT2D eigenvalue weighted by atomic mass is 35.5. The smallest absolute Gasteiger partial charge is 0.251 e. The molecule has 0 aliphatic rings. The number of anilines is 1. The first-order chi connectivity index (χ1) is 12.9. The van der Waals surface area contributed by atoms with Crippen LogP contribution in [0.2, 0.25) is 5.02 Å². The number of carbonyl (C=O) groups excluding carboxylic acids is 3. The first kappa shape index (κ1) is 20.6. The summed E-state index contributed by atoms with van der Waals surface area (Å²) in [5.41, 5.74) is 1.65. The lowest BCUT2D eigenvalue weighted by molar-refractivity contribution is -0.116. The second kappa shape index (κ2) is 9.88. The van der Waals surface area contributed by atoms with E-state index in [1.165, 1.54) is 0 Å². The van der Waals surface area contributed by atoms with E-state index in [1.54, 1.807) is 48.5 Å². The first-order valence-corrected chi connectivity index (χ1v) is 9.26. The van der Waals surface area contributed by atoms with Crippen LogP contribution in [0.25, 0.3) is 0 Å². The van der Waals surface area contributed by atoms with Crippen LogP contribution in [0.4, 0.5) is 5.69 Å². The van der Waals surface area contributed by atoms with E-state index in [-0.39, 0.29) is 36.5 Å². The molecule has 2 aromatic carbocycles. The zero-order chi connectivity index (χ0) is 19.8. The Kier molecular flexibility index (Phi) is 7.55. The van der Waals surface area contributed by atoms with Gasteiger partial charge in [0.1, 0.15) is 0 Å². The molecule has 0 spiro atoms. The van der Waals surface area contributed by atoms with Gasteiger partial charge in [-0.25, -0.2) is 0 Å². The molecule has 0 aliphatic heterocycles. The van der Waals surface area contributed by atoms with Gasteiger partial charge in [-0.3, -0.25) is 14.4 Å². The van der Waals surface area contributed by atoms with Crippen LogP contribution in [0, 0.1) is 0 Å². The van der Waals surface area contributed by atoms with Crippen LogP contribution in [0.5, 0.6) is 0 Å². The summed E-state index contributed by atoms with van der Waals surface area (Å²) in [6.45, 7) is 3.94. The second-order valence-corrected chi connectivity index (χ2v) is 6.77. The maximum atomic E-state index is 12.1. The molecule has 0 radical (unpaired) electrons. The van der Waals surface area contributed by atoms with Gasteiger partial charge in [-0.15, -0.1) is 0 Å². The van der Waals surface area contributed by atoms with Gasteiger partial charge in [0.15, 0.2) is 5.78 Å². The molecule has 2 aromatic rings. The minimum atomic E-state index is -0.255. The highest BCUT2D eigenvalue weighted by Gasteiger charge is 2.11. The normalized spacial score (nSPS) is 11.5. The molecule has 2 rings (SSSR count). The van der Waals surface area contributed by atoms with E-state index in [9.17, 15) is 14.4 Å². The number of nitrogens with one attached hydrogen (secondary N) is 2. The van der Waals surface area contributed by atoms with Crippen molar-refractivity contribution < 1.29 is 14.4 Å². The minimum Gasteiger partial charge on any atom is -0.350 e. The maximum absolute atomic E-state index is 12.1. The predicted octanol–water partition coefficient (Wildman–Crippen LogP) is 4.47. The van der Waals surface area contributed by atoms with Crippen LogP contribution in [0.15, 0.2) is 48.5 Å². The van der Waals surface area contributed by atoms with Crippen molar-refractivity contribution in [2.45, 2.75) is 39.2 Å². The van der Waals surface area contributed by atoms with Crippen LogP contribution in [-0.2, 0) is 4.79 Å². The van der Waals surface area contributed by atoms with Crippen molar-refractivity contribution in [1.82, 2.24) is 5.32 Å². The molecule has 6 heteroatoms. The van der Waals surface area contributed by atoms with Gasteiger partial charge >= 0.3 is 0 Å². The SMILES string of the molecule is CCC(C)NC(=O)c1ccc(NC(=O)CCC(=O)c2ccc(Cl)cc2)cc1. The van der Waals surface area contributed by atoms with Gasteiger partial charge in [0.2, 0.25) is 5.91 Å². The van der Waals surface area contributed by atoms with Crippen molar-refractivity contribution in [2.75, 3.05) is 5.32 Å². The van der Waals surface area contributed by atoms with Crippen molar-refractivity contribution in [3.8, 4) is 0 Å². The van der Waals surface area contributed by atoms with Crippen LogP contribution in [-0.4, -0.2) is 23.6 Å². The number of hydrogen-bond acceptors (Lipinski definition) is 3. The standard InChI is InChI=1S/C21H23ClN2O3/c1-3-14(2)23-21(27)16-6-10-18(11-7-16)24-20(26)13-12-19(25)15-4-8-17(22)9-5-15/h4-11,14H,3,12-13H2,1-2H3,(H,23,27)(H,24,26). The van der Waals surface area contributed by atoms with E-state index in [4.69, 9.17) is 11.6 Å². The Bertz CT molecular complexity index is 801. The van der Waals surface area contributed by atoms with Crippen molar-refractivity contribution in [3.63, 3.8) is 0 Å². The summed E-state index contributed by atoms with van der Waals surface area (Å²) in [6, 6.07) is 13.3. The average molecular weight is 387 g/mol. The Morgan fingerprint density at radius 2 is 1.52 bits per heavy atom. The molecule has 0 saturated heterocycles. The monoisotopic (exact) mass is 386 g/mol. The summed E-state index contributed by atoms with van der Waals surface area (Å²) < 4.78 is 0. The summed E-state index contributed by atoms with van der Waals surface area (Å²) in [4.78, 5) is 36.2. The van der Waals surface area contributed by atoms with Gasteiger partial charge in [-0.1, -0.05) is 18.5 Å². The average Bonchev–Trinajstić information content (AvgIpc) is 2.67. The molecule has 1 unspecified atom stereocenters. The van der Waals surface area contributed by atoms with Crippen LogP contribution >= 0.6 is 11.6 Å². The van der Waals surface area contributed by atoms with E-state index < -0.39 is 0 Å². The topological polar surface area (TPSA) is 75.3 Å². The number of benzene rings is 2. The van der Waals surface area contributed by atoms with E-state index in [0.29, 0.717) is 21.8 Å². The van der Waals surface area contributed by atoms with Gasteiger partial charge < -0.3 is 10.6 Å². The summed E-state index contributed by atoms with van der Waals surface area (Å²) in [5, 5.41) is 6.18. The summed E-state index contributed by atoms with van der Waals surface area (Å²) in [6.07, 6.45) is 1.05. The third-order valence-corrected chi connectivity index (χ3v) is 4.42. The summed E-state index contributed by atoms with van der Waals surface area (Å²) in [7, 11) is 0. The van der Waals surface area contributed by atoms with E-state index in [0.717, 1.165) is 6.42 Å². The van der Waals surface area contributed by atoms with E-state index >= 15 is 0 Å². The van der Waals surface area contributed by atoms with Gasteiger partial charge in [0.25, 0.3) is 5.91 Å². The largest absolute Gasteiger partial charge is 0.350 e. The molecular weight excluding hydrogens is 364 g/mol. The lowest BCUT2D eigenvalue weighted by Crippen LogP contribution is -2.31. The zero-order valence-electron chi connectivity index (χ0n) is 15.4. The molecule has 2 N–H and O–H groups in total. The Morgan fingerprint density at radius 1 is 0.926 bits per heavy atom. The lowest BCUT2D eigenvalue weighted by Gasteiger charge is -2.11. The van der Waals surface area contributed by atoms with Crippen molar-refractivity contribution in [1.29, 1.82) is 0 Å². The van der Waals surface area contributed by atoms with Crippen LogP contribution in [0.3, 0.4) is 0 Å². The molecule has 27 heavy (non-hydrogen) atoms. The molecule has 2 amide bonds. The number of hydrogen-bond donors (Lipinski definition) is 2. The molecule has 0 aromatic heterocycles. The third-order valence-electron chi connectivity index (χ3n) is 4.17. The Labute approximate surface area is 164 Å². The predicted molar refractivity (Wildman–Crippen MR) is 107 cm³/mol. The van der Waals surface area contributed by atoms with E-state index in [2.05, 4.69) is 10.6 Å².